The minimum Gasteiger partial charge on any atom is -0.493 e. The molecule has 3 amide bonds. The Bertz CT molecular complexity index is 793. The number of hydrazine groups is 1. The number of carbonyl (C=O) groups is 3. The van der Waals surface area contributed by atoms with Crippen molar-refractivity contribution < 1.29 is 19.1 Å². The summed E-state index contributed by atoms with van der Waals surface area (Å²) in [5.41, 5.74) is 5.14. The maximum Gasteiger partial charge on any atom is 0.269 e. The van der Waals surface area contributed by atoms with E-state index in [1.165, 1.54) is 12.1 Å². The van der Waals surface area contributed by atoms with E-state index in [1.807, 2.05) is 6.92 Å². The number of ether oxygens (including phenoxy) is 1. The van der Waals surface area contributed by atoms with E-state index in [-0.39, 0.29) is 6.54 Å². The molecule has 2 aromatic carbocycles. The molecule has 2 rings (SSSR count). The molecule has 0 aliphatic heterocycles. The van der Waals surface area contributed by atoms with Crippen molar-refractivity contribution in [2.45, 2.75) is 6.92 Å². The summed E-state index contributed by atoms with van der Waals surface area (Å²) < 4.78 is 5.37. The SMILES string of the molecule is CCOc1ccccc1C(=O)NCC(=O)NNC(=O)c1ccc(Cl)cc1. The summed E-state index contributed by atoms with van der Waals surface area (Å²) in [7, 11) is 0. The van der Waals surface area contributed by atoms with Gasteiger partial charge in [0.1, 0.15) is 5.75 Å². The average molecular weight is 376 g/mol. The van der Waals surface area contributed by atoms with Crippen LogP contribution in [0.5, 0.6) is 5.75 Å². The summed E-state index contributed by atoms with van der Waals surface area (Å²) >= 11 is 5.75. The van der Waals surface area contributed by atoms with Crippen LogP contribution in [0, 0.1) is 0 Å². The van der Waals surface area contributed by atoms with Gasteiger partial charge in [-0.05, 0) is 43.3 Å². The smallest absolute Gasteiger partial charge is 0.269 e. The van der Waals surface area contributed by atoms with Crippen molar-refractivity contribution in [2.75, 3.05) is 13.2 Å². The maximum atomic E-state index is 12.2. The molecule has 0 spiro atoms. The first-order valence-corrected chi connectivity index (χ1v) is 8.24. The molecular formula is C18H18ClN3O4. The Kier molecular flexibility index (Phi) is 6.99. The lowest BCUT2D eigenvalue weighted by molar-refractivity contribution is -0.120. The number of benzene rings is 2. The van der Waals surface area contributed by atoms with E-state index in [0.29, 0.717) is 28.5 Å². The van der Waals surface area contributed by atoms with Crippen LogP contribution < -0.4 is 20.9 Å². The van der Waals surface area contributed by atoms with Gasteiger partial charge < -0.3 is 10.1 Å². The van der Waals surface area contributed by atoms with Crippen LogP contribution in [0.15, 0.2) is 48.5 Å². The second kappa shape index (κ2) is 9.43. The van der Waals surface area contributed by atoms with Crippen LogP contribution >= 0.6 is 11.6 Å². The largest absolute Gasteiger partial charge is 0.493 e. The molecule has 0 aromatic heterocycles. The molecule has 7 nitrogen and oxygen atoms in total. The number of halogens is 1. The molecule has 0 heterocycles. The quantitative estimate of drug-likeness (QED) is 0.672. The molecule has 26 heavy (non-hydrogen) atoms. The van der Waals surface area contributed by atoms with Crippen LogP contribution in [0.25, 0.3) is 0 Å². The number of hydrogen-bond acceptors (Lipinski definition) is 4. The molecule has 0 saturated carbocycles. The summed E-state index contributed by atoms with van der Waals surface area (Å²) in [5.74, 6) is -1.09. The molecule has 0 radical (unpaired) electrons. The van der Waals surface area contributed by atoms with Crippen LogP contribution in [-0.2, 0) is 4.79 Å². The molecule has 0 unspecified atom stereocenters. The number of carbonyl (C=O) groups excluding carboxylic acids is 3. The van der Waals surface area contributed by atoms with E-state index < -0.39 is 17.7 Å². The molecule has 0 bridgehead atoms. The molecule has 0 aliphatic carbocycles. The molecule has 0 atom stereocenters. The minimum absolute atomic E-state index is 0.305. The Hall–Kier alpha value is -3.06. The van der Waals surface area contributed by atoms with Gasteiger partial charge in [-0.3, -0.25) is 25.2 Å². The highest BCUT2D eigenvalue weighted by atomic mass is 35.5. The van der Waals surface area contributed by atoms with Gasteiger partial charge >= 0.3 is 0 Å². The van der Waals surface area contributed by atoms with Crippen molar-refractivity contribution in [3.63, 3.8) is 0 Å². The Balaban J connectivity index is 1.82. The fourth-order valence-corrected chi connectivity index (χ4v) is 2.16. The van der Waals surface area contributed by atoms with Crippen LogP contribution in [0.1, 0.15) is 27.6 Å². The van der Waals surface area contributed by atoms with Crippen molar-refractivity contribution in [1.82, 2.24) is 16.2 Å². The summed E-state index contributed by atoms with van der Waals surface area (Å²) in [6.45, 7) is 1.92. The molecule has 0 saturated heterocycles. The van der Waals surface area contributed by atoms with Crippen molar-refractivity contribution in [1.29, 1.82) is 0 Å². The highest BCUT2D eigenvalue weighted by Gasteiger charge is 2.13. The van der Waals surface area contributed by atoms with Crippen molar-refractivity contribution in [3.05, 3.63) is 64.7 Å². The number of hydrogen-bond donors (Lipinski definition) is 3. The second-order valence-corrected chi connectivity index (χ2v) is 5.56. The van der Waals surface area contributed by atoms with Gasteiger partial charge in [-0.25, -0.2) is 0 Å². The topological polar surface area (TPSA) is 96.5 Å². The van der Waals surface area contributed by atoms with Crippen LogP contribution in [0.2, 0.25) is 5.02 Å². The lowest BCUT2D eigenvalue weighted by atomic mass is 10.2. The van der Waals surface area contributed by atoms with Gasteiger partial charge in [0.05, 0.1) is 18.7 Å². The van der Waals surface area contributed by atoms with Gasteiger partial charge in [-0.15, -0.1) is 0 Å². The lowest BCUT2D eigenvalue weighted by Crippen LogP contribution is -2.46. The Morgan fingerprint density at radius 2 is 1.65 bits per heavy atom. The van der Waals surface area contributed by atoms with Crippen molar-refractivity contribution >= 4 is 29.3 Å². The van der Waals surface area contributed by atoms with Gasteiger partial charge in [-0.1, -0.05) is 23.7 Å². The first-order valence-electron chi connectivity index (χ1n) is 7.86. The highest BCUT2D eigenvalue weighted by Crippen LogP contribution is 2.17. The third-order valence-electron chi connectivity index (χ3n) is 3.26. The third kappa shape index (κ3) is 5.49. The molecule has 3 N–H and O–H groups in total. The number of amides is 3. The standard InChI is InChI=1S/C18H18ClN3O4/c1-2-26-15-6-4-3-5-14(15)18(25)20-11-16(23)21-22-17(24)12-7-9-13(19)10-8-12/h3-10H,2,11H2,1H3,(H,20,25)(H,21,23)(H,22,24). The zero-order chi connectivity index (χ0) is 18.9. The number of para-hydroxylation sites is 1. The predicted octanol–water partition coefficient (Wildman–Crippen LogP) is 1.93. The predicted molar refractivity (Wildman–Crippen MR) is 97.0 cm³/mol. The lowest BCUT2D eigenvalue weighted by Gasteiger charge is -2.11. The monoisotopic (exact) mass is 375 g/mol. The van der Waals surface area contributed by atoms with E-state index in [0.717, 1.165) is 0 Å². The van der Waals surface area contributed by atoms with Gasteiger partial charge in [0.25, 0.3) is 17.7 Å². The Morgan fingerprint density at radius 3 is 2.35 bits per heavy atom. The molecule has 136 valence electrons. The van der Waals surface area contributed by atoms with E-state index in [2.05, 4.69) is 16.2 Å². The van der Waals surface area contributed by atoms with Crippen molar-refractivity contribution in [3.8, 4) is 5.75 Å². The van der Waals surface area contributed by atoms with Crippen LogP contribution in [0.4, 0.5) is 0 Å². The average Bonchev–Trinajstić information content (AvgIpc) is 2.65. The van der Waals surface area contributed by atoms with Gasteiger partial charge in [-0.2, -0.15) is 0 Å². The van der Waals surface area contributed by atoms with E-state index in [1.54, 1.807) is 36.4 Å². The molecule has 0 fully saturated rings. The fourth-order valence-electron chi connectivity index (χ4n) is 2.04. The van der Waals surface area contributed by atoms with Crippen molar-refractivity contribution in [2.24, 2.45) is 0 Å². The van der Waals surface area contributed by atoms with E-state index in [9.17, 15) is 14.4 Å². The fraction of sp³-hybridized carbons (Fsp3) is 0.167. The molecule has 2 aromatic rings. The summed E-state index contributed by atoms with van der Waals surface area (Å²) in [6.07, 6.45) is 0. The Morgan fingerprint density at radius 1 is 0.962 bits per heavy atom. The highest BCUT2D eigenvalue weighted by molar-refractivity contribution is 6.30. The zero-order valence-electron chi connectivity index (χ0n) is 14.0. The second-order valence-electron chi connectivity index (χ2n) is 5.12. The van der Waals surface area contributed by atoms with Crippen LogP contribution in [0.3, 0.4) is 0 Å². The molecular weight excluding hydrogens is 358 g/mol. The third-order valence-corrected chi connectivity index (χ3v) is 3.51. The first-order chi connectivity index (χ1) is 12.5. The molecule has 0 aliphatic rings. The minimum atomic E-state index is -0.574. The number of rotatable bonds is 6. The van der Waals surface area contributed by atoms with Gasteiger partial charge in [0, 0.05) is 10.6 Å². The van der Waals surface area contributed by atoms with Crippen LogP contribution in [-0.4, -0.2) is 30.9 Å². The zero-order valence-corrected chi connectivity index (χ0v) is 14.8. The van der Waals surface area contributed by atoms with E-state index in [4.69, 9.17) is 16.3 Å². The summed E-state index contributed by atoms with van der Waals surface area (Å²) in [4.78, 5) is 35.8. The van der Waals surface area contributed by atoms with Gasteiger partial charge in [0.2, 0.25) is 0 Å². The maximum absolute atomic E-state index is 12.2. The summed E-state index contributed by atoms with van der Waals surface area (Å²) in [5, 5.41) is 2.97. The normalized spacial score (nSPS) is 9.92. The Labute approximate surface area is 155 Å². The number of nitrogens with one attached hydrogen (secondary N) is 3. The van der Waals surface area contributed by atoms with Gasteiger partial charge in [0.15, 0.2) is 0 Å². The van der Waals surface area contributed by atoms with E-state index >= 15 is 0 Å². The summed E-state index contributed by atoms with van der Waals surface area (Å²) in [6, 6.07) is 12.9. The molecule has 8 heteroatoms. The first kappa shape index (κ1) is 19.3.